The molecule has 31 nitrogen and oxygen atoms in total. The van der Waals surface area contributed by atoms with Crippen molar-refractivity contribution in [3.05, 3.63) is 168 Å². The first-order chi connectivity index (χ1) is 48.8. The van der Waals surface area contributed by atoms with E-state index in [1.54, 1.807) is 99.3 Å². The van der Waals surface area contributed by atoms with Gasteiger partial charge in [-0.15, -0.1) is 0 Å². The Hall–Kier alpha value is -10.7. The first kappa shape index (κ1) is 84.7. The first-order valence-electron chi connectivity index (χ1n) is 32.9. The molecular weight excluding hydrogens is 1370 g/mol. The van der Waals surface area contributed by atoms with E-state index in [-0.39, 0.29) is 68.4 Å². The molecule has 0 radical (unpaired) electrons. The Bertz CT molecular complexity index is 3990. The van der Waals surface area contributed by atoms with Gasteiger partial charge in [0.15, 0.2) is 0 Å². The van der Waals surface area contributed by atoms with Crippen LogP contribution in [0.4, 0.5) is 32.6 Å². The molecule has 4 aromatic carbocycles. The van der Waals surface area contributed by atoms with Gasteiger partial charge in [0, 0.05) is 62.1 Å². The highest BCUT2D eigenvalue weighted by atomic mass is 32.2. The SMILES string of the molecule is CCCCCCOC(=O)NN=Cc1ccc(NCc2nc3cc(C(=O)N(CCC(=O)OCC)c4ccccn4)ccc3n2C)cc1.CCCCCCOC(=O)NN=Cc1ccc(NCc2nc3cc(C(=O)N(CCC(=O)OCC)c4ccccn4)ccc3n2C)cc1.CS(=O)(=O)O.CS(=O)(=O)O.O. The smallest absolute Gasteiger partial charge is 0.427 e. The van der Waals surface area contributed by atoms with E-state index in [9.17, 15) is 45.6 Å². The van der Waals surface area contributed by atoms with Crippen LogP contribution in [0.3, 0.4) is 0 Å². The quantitative estimate of drug-likeness (QED) is 0.00570. The third-order valence-electron chi connectivity index (χ3n) is 14.4. The van der Waals surface area contributed by atoms with Gasteiger partial charge in [-0.3, -0.25) is 38.1 Å². The molecule has 0 saturated carbocycles. The molecule has 0 fully saturated rings. The van der Waals surface area contributed by atoms with Crippen LogP contribution in [0.25, 0.3) is 22.1 Å². The zero-order chi connectivity index (χ0) is 74.5. The van der Waals surface area contributed by atoms with E-state index < -0.39 is 32.4 Å². The highest BCUT2D eigenvalue weighted by molar-refractivity contribution is 7.85. The van der Waals surface area contributed by atoms with Crippen LogP contribution in [0.2, 0.25) is 0 Å². The maximum atomic E-state index is 13.6. The fourth-order valence-electron chi connectivity index (χ4n) is 9.44. The van der Waals surface area contributed by atoms with Gasteiger partial charge in [0.25, 0.3) is 32.1 Å². The van der Waals surface area contributed by atoms with E-state index in [4.69, 9.17) is 38.0 Å². The number of unbranched alkanes of at least 4 members (excludes halogenated alkanes) is 6. The van der Waals surface area contributed by atoms with Crippen LogP contribution in [0.5, 0.6) is 0 Å². The summed E-state index contributed by atoms with van der Waals surface area (Å²) in [5.74, 6) is 1.15. The Labute approximate surface area is 599 Å². The third kappa shape index (κ3) is 31.8. The van der Waals surface area contributed by atoms with Crippen LogP contribution in [0.1, 0.15) is 135 Å². The topological polar surface area (TPSA) is 420 Å². The van der Waals surface area contributed by atoms with Crippen molar-refractivity contribution in [3.63, 3.8) is 0 Å². The van der Waals surface area contributed by atoms with Crippen LogP contribution in [0, 0.1) is 0 Å². The molecule has 8 rings (SSSR count). The van der Waals surface area contributed by atoms with Crippen molar-refractivity contribution in [2.45, 2.75) is 105 Å². The number of ether oxygens (including phenoxy) is 4. The van der Waals surface area contributed by atoms with Crippen molar-refractivity contribution in [2.24, 2.45) is 24.3 Å². The summed E-state index contributed by atoms with van der Waals surface area (Å²) in [6.45, 7) is 10.3. The minimum Gasteiger partial charge on any atom is -0.466 e. The molecule has 4 amide bonds. The van der Waals surface area contributed by atoms with Crippen molar-refractivity contribution in [1.82, 2.24) is 39.9 Å². The number of esters is 2. The molecule has 0 bridgehead atoms. The number of rotatable bonds is 32. The fourth-order valence-corrected chi connectivity index (χ4v) is 9.44. The Morgan fingerprint density at radius 3 is 1.21 bits per heavy atom. The standard InChI is InChI=1S/2C34H41N7O5.2CH4O3S.H2O/c2*1-4-6-7-10-21-46-34(44)39-37-23-25-12-15-27(16-13-25)36-24-31-38-28-22-26(14-17-29(28)40(31)3)33(43)41(20-18-32(42)45-5-2)30-11-8-9-19-35-30;2*1-5(2,3)4;/h2*8-9,11-17,19,22-23,36H,4-7,10,18,20-21,24H2,1-3H3,(H,39,44);2*1H3,(H,2,3,4);1H2. The van der Waals surface area contributed by atoms with Gasteiger partial charge in [-0.1, -0.05) is 88.8 Å². The zero-order valence-electron chi connectivity index (χ0n) is 59.0. The number of hydrogen-bond acceptors (Lipinski definition) is 22. The lowest BCUT2D eigenvalue weighted by Gasteiger charge is -2.21. The van der Waals surface area contributed by atoms with Gasteiger partial charge in [-0.25, -0.2) is 40.4 Å². The lowest BCUT2D eigenvalue weighted by Crippen LogP contribution is -2.34. The van der Waals surface area contributed by atoms with Gasteiger partial charge in [0.05, 0.1) is 99.4 Å². The molecule has 0 aliphatic carbocycles. The van der Waals surface area contributed by atoms with Crippen molar-refractivity contribution in [1.29, 1.82) is 0 Å². The highest BCUT2D eigenvalue weighted by Crippen LogP contribution is 2.24. The monoisotopic (exact) mass is 1460 g/mol. The third-order valence-corrected chi connectivity index (χ3v) is 14.4. The lowest BCUT2D eigenvalue weighted by atomic mass is 10.1. The van der Waals surface area contributed by atoms with Crippen molar-refractivity contribution >= 4 is 114 Å². The summed E-state index contributed by atoms with van der Waals surface area (Å²) >= 11 is 0. The van der Waals surface area contributed by atoms with Crippen molar-refractivity contribution in [3.8, 4) is 0 Å². The average molecular weight is 1470 g/mol. The van der Waals surface area contributed by atoms with Crippen LogP contribution in [-0.2, 0) is 76.0 Å². The second-order valence-corrected chi connectivity index (χ2v) is 25.5. The van der Waals surface area contributed by atoms with Crippen LogP contribution in [-0.4, -0.2) is 161 Å². The van der Waals surface area contributed by atoms with E-state index in [1.165, 1.54) is 9.80 Å². The van der Waals surface area contributed by atoms with E-state index in [0.717, 1.165) is 96.6 Å². The predicted molar refractivity (Wildman–Crippen MR) is 394 cm³/mol. The van der Waals surface area contributed by atoms with Gasteiger partial charge in [0.2, 0.25) is 0 Å². The molecule has 0 unspecified atom stereocenters. The van der Waals surface area contributed by atoms with Crippen molar-refractivity contribution in [2.75, 3.05) is 72.5 Å². The van der Waals surface area contributed by atoms with Gasteiger partial charge in [-0.05, 0) is 123 Å². The van der Waals surface area contributed by atoms with Gasteiger partial charge >= 0.3 is 24.1 Å². The molecule has 0 spiro atoms. The molecule has 103 heavy (non-hydrogen) atoms. The largest absolute Gasteiger partial charge is 0.466 e. The zero-order valence-corrected chi connectivity index (χ0v) is 60.6. The molecule has 0 aliphatic heterocycles. The first-order valence-corrected chi connectivity index (χ1v) is 36.6. The Morgan fingerprint density at radius 1 is 0.515 bits per heavy atom. The summed E-state index contributed by atoms with van der Waals surface area (Å²) in [6, 6.07) is 36.5. The summed E-state index contributed by atoms with van der Waals surface area (Å²) in [7, 11) is -3.48. The number of imidazole rings is 2. The van der Waals surface area contributed by atoms with Crippen LogP contribution in [0.15, 0.2) is 144 Å². The van der Waals surface area contributed by atoms with E-state index >= 15 is 0 Å². The number of benzene rings is 4. The Kier molecular flexibility index (Phi) is 36.6. The summed E-state index contributed by atoms with van der Waals surface area (Å²) in [6.07, 6.45) is 15.0. The maximum Gasteiger partial charge on any atom is 0.427 e. The highest BCUT2D eigenvalue weighted by Gasteiger charge is 2.24. The number of pyridine rings is 2. The van der Waals surface area contributed by atoms with Crippen LogP contribution >= 0.6 is 0 Å². The van der Waals surface area contributed by atoms with E-state index in [1.807, 2.05) is 83.9 Å². The molecule has 8 aromatic rings. The summed E-state index contributed by atoms with van der Waals surface area (Å²) in [5.41, 5.74) is 12.1. The normalized spacial score (nSPS) is 11.0. The number of nitrogens with one attached hydrogen (secondary N) is 4. The average Bonchev–Trinajstić information content (AvgIpc) is 1.69. The summed E-state index contributed by atoms with van der Waals surface area (Å²) in [4.78, 5) is 95.9. The summed E-state index contributed by atoms with van der Waals surface area (Å²) in [5, 5.41) is 14.7. The van der Waals surface area contributed by atoms with E-state index in [2.05, 4.69) is 55.5 Å². The number of nitrogens with zero attached hydrogens (tertiary/aromatic N) is 10. The number of hydrogen-bond donors (Lipinski definition) is 6. The number of aryl methyl sites for hydroxylation is 2. The molecule has 8 N–H and O–H groups in total. The molecule has 0 atom stereocenters. The van der Waals surface area contributed by atoms with Gasteiger partial charge in [0.1, 0.15) is 23.3 Å². The van der Waals surface area contributed by atoms with Crippen molar-refractivity contribution < 1.29 is 79.1 Å². The number of hydrazone groups is 2. The number of fused-ring (bicyclic) bond motifs is 2. The number of anilines is 4. The van der Waals surface area contributed by atoms with Gasteiger partial charge < -0.3 is 44.2 Å². The molecule has 0 aliphatic rings. The fraction of sp³-hybridized carbons (Fsp3) is 0.371. The number of amides is 4. The molecule has 33 heteroatoms. The van der Waals surface area contributed by atoms with Crippen LogP contribution < -0.4 is 31.3 Å². The minimum atomic E-state index is -3.67. The number of carbonyl (C=O) groups excluding carboxylic acids is 6. The second-order valence-electron chi connectivity index (χ2n) is 22.5. The van der Waals surface area contributed by atoms with Gasteiger partial charge in [-0.2, -0.15) is 27.0 Å². The maximum absolute atomic E-state index is 13.6. The number of aromatic nitrogens is 6. The Morgan fingerprint density at radius 2 is 0.883 bits per heavy atom. The Balaban J connectivity index is 0.000000382. The predicted octanol–water partition coefficient (Wildman–Crippen LogP) is 9.82. The minimum absolute atomic E-state index is 0. The number of carbonyl (C=O) groups is 6. The summed E-state index contributed by atoms with van der Waals surface area (Å²) < 4.78 is 76.0. The molecule has 4 heterocycles. The lowest BCUT2D eigenvalue weighted by molar-refractivity contribution is -0.143. The molecule has 0 saturated heterocycles. The molecule has 556 valence electrons. The molecule has 4 aromatic heterocycles. The van der Waals surface area contributed by atoms with E-state index in [0.29, 0.717) is 72.6 Å². The second kappa shape index (κ2) is 44.5. The molecular formula is C70H92N14O17S2.